The lowest BCUT2D eigenvalue weighted by Crippen LogP contribution is -2.29. The highest BCUT2D eigenvalue weighted by Crippen LogP contribution is 2.36. The van der Waals surface area contributed by atoms with Crippen molar-refractivity contribution in [1.29, 1.82) is 0 Å². The Labute approximate surface area is 319 Å². The van der Waals surface area contributed by atoms with Crippen LogP contribution in [0.2, 0.25) is 0 Å². The molecule has 0 fully saturated rings. The Morgan fingerprint density at radius 2 is 1.13 bits per heavy atom. The molecule has 53 heavy (non-hydrogen) atoms. The molecule has 0 bridgehead atoms. The average molecular weight is 771 g/mol. The van der Waals surface area contributed by atoms with Crippen LogP contribution in [-0.4, -0.2) is 74.7 Å². The number of ether oxygens (including phenoxy) is 2. The summed E-state index contributed by atoms with van der Waals surface area (Å²) in [5.41, 5.74) is 0. The van der Waals surface area contributed by atoms with E-state index in [-0.39, 0.29) is 25.7 Å². The summed E-state index contributed by atoms with van der Waals surface area (Å²) >= 11 is 0. The van der Waals surface area contributed by atoms with Crippen LogP contribution in [0.3, 0.4) is 0 Å². The number of hydrogen-bond donors (Lipinski definition) is 5. The molecule has 0 aromatic rings. The van der Waals surface area contributed by atoms with Gasteiger partial charge in [0.1, 0.15) is 6.61 Å². The molecule has 0 radical (unpaired) electrons. The normalized spacial score (nSPS) is 14.9. The maximum Gasteiger partial charge on any atom is 0.469 e. The van der Waals surface area contributed by atoms with E-state index in [0.717, 1.165) is 64.2 Å². The van der Waals surface area contributed by atoms with Crippen LogP contribution in [0.4, 0.5) is 0 Å². The van der Waals surface area contributed by atoms with Crippen molar-refractivity contribution in [3.63, 3.8) is 0 Å². The van der Waals surface area contributed by atoms with E-state index in [1.807, 2.05) is 0 Å². The fraction of sp³-hybridized carbons (Fsp3) is 0.707. The number of phosphoric ester groups is 1. The van der Waals surface area contributed by atoms with Gasteiger partial charge in [0.15, 0.2) is 6.10 Å². The van der Waals surface area contributed by atoms with Crippen LogP contribution in [-0.2, 0) is 28.2 Å². The summed E-state index contributed by atoms with van der Waals surface area (Å²) in [5, 5.41) is 30.2. The van der Waals surface area contributed by atoms with Crippen molar-refractivity contribution < 1.29 is 53.3 Å². The van der Waals surface area contributed by atoms with E-state index in [4.69, 9.17) is 19.3 Å². The zero-order chi connectivity index (χ0) is 39.4. The molecule has 0 spiro atoms. The molecule has 0 aliphatic rings. The van der Waals surface area contributed by atoms with Gasteiger partial charge in [0, 0.05) is 12.8 Å². The Balaban J connectivity index is 4.32. The number of rotatable bonds is 35. The fourth-order valence-electron chi connectivity index (χ4n) is 5.22. The maximum atomic E-state index is 12.4. The van der Waals surface area contributed by atoms with Crippen LogP contribution < -0.4 is 0 Å². The van der Waals surface area contributed by atoms with Gasteiger partial charge in [-0.2, -0.15) is 0 Å². The summed E-state index contributed by atoms with van der Waals surface area (Å²) in [6.07, 6.45) is 33.1. The lowest BCUT2D eigenvalue weighted by Gasteiger charge is -2.18. The molecule has 11 nitrogen and oxygen atoms in total. The quantitative estimate of drug-likeness (QED) is 0.0137. The Kier molecular flexibility index (Phi) is 33.8. The predicted octanol–water partition coefficient (Wildman–Crippen LogP) is 8.65. The summed E-state index contributed by atoms with van der Waals surface area (Å²) in [4.78, 5) is 42.8. The molecule has 0 unspecified atom stereocenters. The maximum absolute atomic E-state index is 12.4. The Morgan fingerprint density at radius 3 is 1.75 bits per heavy atom. The number of esters is 2. The number of aliphatic hydroxyl groups excluding tert-OH is 3. The van der Waals surface area contributed by atoms with E-state index in [1.165, 1.54) is 44.6 Å². The molecule has 0 aromatic heterocycles. The number of allylic oxidation sites excluding steroid dienone is 8. The van der Waals surface area contributed by atoms with Crippen LogP contribution in [0.1, 0.15) is 149 Å². The van der Waals surface area contributed by atoms with E-state index in [0.29, 0.717) is 6.42 Å². The third kappa shape index (κ3) is 36.4. The van der Waals surface area contributed by atoms with Gasteiger partial charge >= 0.3 is 19.8 Å². The van der Waals surface area contributed by atoms with Crippen molar-refractivity contribution in [3.05, 3.63) is 60.8 Å². The average Bonchev–Trinajstić information content (AvgIpc) is 3.11. The monoisotopic (exact) mass is 770 g/mol. The van der Waals surface area contributed by atoms with Crippen molar-refractivity contribution in [3.8, 4) is 0 Å². The fourth-order valence-corrected chi connectivity index (χ4v) is 5.58. The third-order valence-electron chi connectivity index (χ3n) is 8.38. The highest BCUT2D eigenvalue weighted by molar-refractivity contribution is 7.46. The van der Waals surface area contributed by atoms with Gasteiger partial charge < -0.3 is 34.6 Å². The number of aliphatic hydroxyl groups is 3. The Hall–Kier alpha value is -2.37. The molecule has 306 valence electrons. The van der Waals surface area contributed by atoms with Gasteiger partial charge in [-0.15, -0.1) is 0 Å². The molecule has 0 saturated heterocycles. The first-order valence-electron chi connectivity index (χ1n) is 19.9. The summed E-state index contributed by atoms with van der Waals surface area (Å²) in [5.74, 6) is -1.23. The van der Waals surface area contributed by atoms with Gasteiger partial charge in [-0.3, -0.25) is 14.1 Å². The molecule has 5 N–H and O–H groups in total. The van der Waals surface area contributed by atoms with Crippen molar-refractivity contribution in [2.45, 2.75) is 173 Å². The van der Waals surface area contributed by atoms with Gasteiger partial charge in [-0.05, 0) is 51.4 Å². The predicted molar refractivity (Wildman–Crippen MR) is 211 cm³/mol. The topological polar surface area (TPSA) is 180 Å². The summed E-state index contributed by atoms with van der Waals surface area (Å²) in [6.45, 7) is 3.26. The van der Waals surface area contributed by atoms with E-state index >= 15 is 0 Å². The standard InChI is InChI=1S/C41H71O11P/c1-3-5-7-8-9-10-11-12-13-14-15-16-17-22-26-32-41(46)52-37(35-51-53(47,48)49)34-50-40(45)33-27-31-39(44)38(43)30-25-21-19-18-20-24-29-36(42)28-23-6-4-2/h12-13,18-21,24-25,29-30,36-39,42-44H,3-11,14-17,22-23,26-28,31-35H2,1-2H3,(H2,47,48,49)/b13-12-,20-18-,21-19+,29-24+,30-25+/t36-,37-,38-,39-/m1/s1. The summed E-state index contributed by atoms with van der Waals surface area (Å²) in [6, 6.07) is 0. The first-order valence-corrected chi connectivity index (χ1v) is 21.4. The van der Waals surface area contributed by atoms with E-state index in [1.54, 1.807) is 42.5 Å². The van der Waals surface area contributed by atoms with Gasteiger partial charge in [0.05, 0.1) is 24.9 Å². The minimum absolute atomic E-state index is 0.0893. The molecule has 4 atom stereocenters. The smallest absolute Gasteiger partial charge is 0.462 e. The number of phosphoric acid groups is 1. The molecule has 0 amide bonds. The van der Waals surface area contributed by atoms with Crippen LogP contribution in [0, 0.1) is 0 Å². The molecule has 0 rings (SSSR count). The zero-order valence-electron chi connectivity index (χ0n) is 32.5. The highest BCUT2D eigenvalue weighted by atomic mass is 31.2. The van der Waals surface area contributed by atoms with Crippen LogP contribution in [0.25, 0.3) is 0 Å². The number of carbonyl (C=O) groups excluding carboxylic acids is 2. The summed E-state index contributed by atoms with van der Waals surface area (Å²) < 4.78 is 26.1. The number of carbonyl (C=O) groups is 2. The molecule has 0 aliphatic carbocycles. The molecule has 0 aliphatic heterocycles. The number of hydrogen-bond acceptors (Lipinski definition) is 9. The molecular formula is C41H71O11P. The summed E-state index contributed by atoms with van der Waals surface area (Å²) in [7, 11) is -4.84. The van der Waals surface area contributed by atoms with Crippen LogP contribution >= 0.6 is 7.82 Å². The second-order valence-corrected chi connectivity index (χ2v) is 14.7. The van der Waals surface area contributed by atoms with Crippen molar-refractivity contribution in [2.75, 3.05) is 13.2 Å². The minimum Gasteiger partial charge on any atom is -0.462 e. The van der Waals surface area contributed by atoms with Gasteiger partial charge in [-0.25, -0.2) is 4.57 Å². The molecule has 0 heterocycles. The van der Waals surface area contributed by atoms with Crippen molar-refractivity contribution in [1.82, 2.24) is 0 Å². The molecule has 0 saturated carbocycles. The van der Waals surface area contributed by atoms with Crippen LogP contribution in [0.15, 0.2) is 60.8 Å². The lowest BCUT2D eigenvalue weighted by atomic mass is 10.1. The van der Waals surface area contributed by atoms with E-state index in [9.17, 15) is 29.5 Å². The van der Waals surface area contributed by atoms with Gasteiger partial charge in [0.2, 0.25) is 0 Å². The second-order valence-electron chi connectivity index (χ2n) is 13.5. The largest absolute Gasteiger partial charge is 0.469 e. The Morgan fingerprint density at radius 1 is 0.604 bits per heavy atom. The van der Waals surface area contributed by atoms with Gasteiger partial charge in [0.25, 0.3) is 0 Å². The van der Waals surface area contributed by atoms with E-state index < -0.39 is 57.4 Å². The van der Waals surface area contributed by atoms with Gasteiger partial charge in [-0.1, -0.05) is 145 Å². The SMILES string of the molecule is CCCCCCCC/C=C\CCCCCCCC(=O)O[C@H](COC(=O)CCC[C@@H](O)[C@H](O)/C=C/C=C/C=C\C=C\[C@H](O)CCCCC)COP(=O)(O)O. The first kappa shape index (κ1) is 50.6. The van der Waals surface area contributed by atoms with E-state index in [2.05, 4.69) is 30.5 Å². The molecular weight excluding hydrogens is 699 g/mol. The molecule has 0 aromatic carbocycles. The molecule has 12 heteroatoms. The lowest BCUT2D eigenvalue weighted by molar-refractivity contribution is -0.161. The highest BCUT2D eigenvalue weighted by Gasteiger charge is 2.23. The zero-order valence-corrected chi connectivity index (χ0v) is 33.4. The minimum atomic E-state index is -4.84. The van der Waals surface area contributed by atoms with Crippen molar-refractivity contribution in [2.24, 2.45) is 0 Å². The van der Waals surface area contributed by atoms with Crippen LogP contribution in [0.5, 0.6) is 0 Å². The number of unbranched alkanes of at least 4 members (excludes halogenated alkanes) is 13. The first-order chi connectivity index (χ1) is 25.5. The second kappa shape index (κ2) is 35.3. The van der Waals surface area contributed by atoms with Crippen molar-refractivity contribution >= 4 is 19.8 Å². The Bertz CT molecular complexity index is 1100. The third-order valence-corrected chi connectivity index (χ3v) is 8.86.